The SMILES string of the molecule is CC(C)CCC[C@H](C)NC(=O)c1c(N)n(Cc2ccccc2)c2nc3ccccc3nc12. The minimum atomic E-state index is -0.194. The highest BCUT2D eigenvalue weighted by Gasteiger charge is 2.25. The summed E-state index contributed by atoms with van der Waals surface area (Å²) < 4.78 is 1.89. The molecule has 0 saturated carbocycles. The Labute approximate surface area is 188 Å². The molecule has 0 spiro atoms. The predicted molar refractivity (Wildman–Crippen MR) is 131 cm³/mol. The molecule has 166 valence electrons. The third-order valence-corrected chi connectivity index (χ3v) is 5.80. The number of hydrogen-bond acceptors (Lipinski definition) is 4. The van der Waals surface area contributed by atoms with Gasteiger partial charge in [0.25, 0.3) is 5.91 Å². The zero-order valence-corrected chi connectivity index (χ0v) is 19.0. The van der Waals surface area contributed by atoms with E-state index < -0.39 is 0 Å². The highest BCUT2D eigenvalue weighted by atomic mass is 16.1. The van der Waals surface area contributed by atoms with E-state index in [2.05, 4.69) is 19.2 Å². The van der Waals surface area contributed by atoms with Crippen LogP contribution in [0, 0.1) is 5.92 Å². The first-order valence-corrected chi connectivity index (χ1v) is 11.3. The van der Waals surface area contributed by atoms with E-state index in [1.54, 1.807) is 0 Å². The Morgan fingerprint density at radius 1 is 0.969 bits per heavy atom. The van der Waals surface area contributed by atoms with Crippen molar-refractivity contribution in [3.63, 3.8) is 0 Å². The van der Waals surface area contributed by atoms with E-state index in [9.17, 15) is 4.79 Å². The molecule has 4 rings (SSSR count). The van der Waals surface area contributed by atoms with Crippen LogP contribution >= 0.6 is 0 Å². The van der Waals surface area contributed by atoms with Crippen LogP contribution in [0.15, 0.2) is 54.6 Å². The van der Waals surface area contributed by atoms with Crippen LogP contribution in [0.4, 0.5) is 5.82 Å². The van der Waals surface area contributed by atoms with Gasteiger partial charge in [-0.15, -0.1) is 0 Å². The molecule has 0 fully saturated rings. The number of aromatic nitrogens is 3. The van der Waals surface area contributed by atoms with Crippen molar-refractivity contribution in [3.8, 4) is 0 Å². The summed E-state index contributed by atoms with van der Waals surface area (Å²) in [5, 5.41) is 3.13. The molecule has 0 aliphatic heterocycles. The number of nitrogens with one attached hydrogen (secondary N) is 1. The van der Waals surface area contributed by atoms with Crippen LogP contribution in [-0.2, 0) is 6.54 Å². The van der Waals surface area contributed by atoms with E-state index in [1.165, 1.54) is 0 Å². The van der Waals surface area contributed by atoms with Gasteiger partial charge in [0.05, 0.1) is 17.6 Å². The van der Waals surface area contributed by atoms with Crippen LogP contribution < -0.4 is 11.1 Å². The molecule has 0 saturated heterocycles. The molecule has 0 radical (unpaired) electrons. The number of para-hydroxylation sites is 2. The zero-order valence-electron chi connectivity index (χ0n) is 19.0. The number of hydrogen-bond donors (Lipinski definition) is 2. The number of carbonyl (C=O) groups is 1. The lowest BCUT2D eigenvalue weighted by Crippen LogP contribution is -2.33. The van der Waals surface area contributed by atoms with Gasteiger partial charge in [-0.3, -0.25) is 4.79 Å². The van der Waals surface area contributed by atoms with Gasteiger partial charge in [-0.05, 0) is 37.0 Å². The molecule has 6 heteroatoms. The smallest absolute Gasteiger partial charge is 0.257 e. The number of carbonyl (C=O) groups excluding carboxylic acids is 1. The van der Waals surface area contributed by atoms with Gasteiger partial charge in [0, 0.05) is 6.04 Å². The summed E-state index contributed by atoms with van der Waals surface area (Å²) in [5.41, 5.74) is 10.8. The van der Waals surface area contributed by atoms with E-state index in [0.717, 1.165) is 35.9 Å². The second kappa shape index (κ2) is 9.39. The lowest BCUT2D eigenvalue weighted by atomic mass is 10.0. The minimum absolute atomic E-state index is 0.0570. The molecule has 1 amide bonds. The Balaban J connectivity index is 1.73. The molecule has 0 aliphatic rings. The van der Waals surface area contributed by atoms with Gasteiger partial charge < -0.3 is 15.6 Å². The van der Waals surface area contributed by atoms with Gasteiger partial charge in [0.15, 0.2) is 5.65 Å². The summed E-state index contributed by atoms with van der Waals surface area (Å²) in [5.74, 6) is 0.861. The number of nitrogens with zero attached hydrogens (tertiary/aromatic N) is 3. The normalized spacial score (nSPS) is 12.5. The third-order valence-electron chi connectivity index (χ3n) is 5.80. The molecule has 4 aromatic rings. The monoisotopic (exact) mass is 429 g/mol. The first-order valence-electron chi connectivity index (χ1n) is 11.3. The summed E-state index contributed by atoms with van der Waals surface area (Å²) in [6.45, 7) is 7.00. The highest BCUT2D eigenvalue weighted by molar-refractivity contribution is 6.10. The minimum Gasteiger partial charge on any atom is -0.384 e. The van der Waals surface area contributed by atoms with E-state index in [0.29, 0.717) is 35.0 Å². The highest BCUT2D eigenvalue weighted by Crippen LogP contribution is 2.29. The van der Waals surface area contributed by atoms with Gasteiger partial charge in [-0.1, -0.05) is 69.2 Å². The topological polar surface area (TPSA) is 85.8 Å². The molecule has 32 heavy (non-hydrogen) atoms. The molecule has 0 bridgehead atoms. The summed E-state index contributed by atoms with van der Waals surface area (Å²) in [4.78, 5) is 22.9. The number of nitrogen functional groups attached to an aromatic ring is 1. The van der Waals surface area contributed by atoms with Crippen molar-refractivity contribution < 1.29 is 4.79 Å². The molecular formula is C26H31N5O. The number of rotatable bonds is 8. The van der Waals surface area contributed by atoms with Crippen LogP contribution in [-0.4, -0.2) is 26.5 Å². The molecule has 1 atom stereocenters. The van der Waals surface area contributed by atoms with Crippen LogP contribution in [0.2, 0.25) is 0 Å². The zero-order chi connectivity index (χ0) is 22.7. The van der Waals surface area contributed by atoms with Crippen molar-refractivity contribution in [2.45, 2.75) is 52.6 Å². The Morgan fingerprint density at radius 3 is 2.31 bits per heavy atom. The van der Waals surface area contributed by atoms with E-state index in [1.807, 2.05) is 66.1 Å². The van der Waals surface area contributed by atoms with Crippen molar-refractivity contribution in [2.24, 2.45) is 5.92 Å². The number of benzene rings is 2. The average Bonchev–Trinajstić information content (AvgIpc) is 3.03. The van der Waals surface area contributed by atoms with Crippen molar-refractivity contribution in [1.29, 1.82) is 0 Å². The first-order chi connectivity index (χ1) is 15.4. The predicted octanol–water partition coefficient (Wildman–Crippen LogP) is 5.16. The Bertz CT molecular complexity index is 1230. The molecule has 2 heterocycles. The third kappa shape index (κ3) is 4.59. The first kappa shape index (κ1) is 21.8. The van der Waals surface area contributed by atoms with Gasteiger partial charge in [-0.25, -0.2) is 9.97 Å². The second-order valence-electron chi connectivity index (χ2n) is 8.92. The van der Waals surface area contributed by atoms with Gasteiger partial charge in [0.1, 0.15) is 16.9 Å². The maximum absolute atomic E-state index is 13.3. The molecule has 0 unspecified atom stereocenters. The van der Waals surface area contributed by atoms with E-state index in [4.69, 9.17) is 15.7 Å². The van der Waals surface area contributed by atoms with E-state index >= 15 is 0 Å². The maximum Gasteiger partial charge on any atom is 0.257 e. The Hall–Kier alpha value is -3.41. The molecule has 2 aromatic carbocycles. The van der Waals surface area contributed by atoms with Crippen LogP contribution in [0.3, 0.4) is 0 Å². The quantitative estimate of drug-likeness (QED) is 0.405. The summed E-state index contributed by atoms with van der Waals surface area (Å²) >= 11 is 0. The van der Waals surface area contributed by atoms with Crippen molar-refractivity contribution in [3.05, 3.63) is 65.7 Å². The lowest BCUT2D eigenvalue weighted by Gasteiger charge is -2.14. The fourth-order valence-corrected chi connectivity index (χ4v) is 4.07. The van der Waals surface area contributed by atoms with Crippen molar-refractivity contribution >= 4 is 33.9 Å². The van der Waals surface area contributed by atoms with Gasteiger partial charge >= 0.3 is 0 Å². The number of fused-ring (bicyclic) bond motifs is 2. The van der Waals surface area contributed by atoms with Gasteiger partial charge in [0.2, 0.25) is 0 Å². The molecule has 6 nitrogen and oxygen atoms in total. The maximum atomic E-state index is 13.3. The molecule has 2 aromatic heterocycles. The molecule has 3 N–H and O–H groups in total. The Morgan fingerprint density at radius 2 is 1.62 bits per heavy atom. The number of anilines is 1. The van der Waals surface area contributed by atoms with Crippen molar-refractivity contribution in [2.75, 3.05) is 5.73 Å². The summed E-state index contributed by atoms with van der Waals surface area (Å²) in [6, 6.07) is 17.8. The fraction of sp³-hybridized carbons (Fsp3) is 0.346. The summed E-state index contributed by atoms with van der Waals surface area (Å²) in [6.07, 6.45) is 3.16. The van der Waals surface area contributed by atoms with E-state index in [-0.39, 0.29) is 11.9 Å². The van der Waals surface area contributed by atoms with Crippen LogP contribution in [0.25, 0.3) is 22.2 Å². The fourth-order valence-electron chi connectivity index (χ4n) is 4.07. The molecular weight excluding hydrogens is 398 g/mol. The average molecular weight is 430 g/mol. The van der Waals surface area contributed by atoms with Crippen LogP contribution in [0.5, 0.6) is 0 Å². The molecule has 0 aliphatic carbocycles. The lowest BCUT2D eigenvalue weighted by molar-refractivity contribution is 0.0940. The largest absolute Gasteiger partial charge is 0.384 e. The number of amides is 1. The Kier molecular flexibility index (Phi) is 6.40. The van der Waals surface area contributed by atoms with Crippen LogP contribution in [0.1, 0.15) is 56.0 Å². The summed E-state index contributed by atoms with van der Waals surface area (Å²) in [7, 11) is 0. The van der Waals surface area contributed by atoms with Gasteiger partial charge in [-0.2, -0.15) is 0 Å². The second-order valence-corrected chi connectivity index (χ2v) is 8.92. The standard InChI is InChI=1S/C26H31N5O/c1-17(2)10-9-11-18(3)28-26(32)22-23-25(30-21-15-8-7-14-20(21)29-23)31(24(22)27)16-19-12-5-4-6-13-19/h4-8,12-15,17-18H,9-11,16,27H2,1-3H3,(H,28,32)/t18-/m0/s1. The number of nitrogens with two attached hydrogens (primary N) is 1. The van der Waals surface area contributed by atoms with Crippen molar-refractivity contribution in [1.82, 2.24) is 19.9 Å².